The van der Waals surface area contributed by atoms with Crippen LogP contribution in [0.2, 0.25) is 0 Å². The number of nitrogen functional groups attached to an aromatic ring is 1. The number of hydrogen-bond donors (Lipinski definition) is 1. The fourth-order valence-electron chi connectivity index (χ4n) is 3.07. The number of aryl methyl sites for hydroxylation is 1. The van der Waals surface area contributed by atoms with Gasteiger partial charge < -0.3 is 5.73 Å². The quantitative estimate of drug-likeness (QED) is 0.361. The Labute approximate surface area is 126 Å². The summed E-state index contributed by atoms with van der Waals surface area (Å²) in [5, 5.41) is 5.08. The van der Waals surface area contributed by atoms with Gasteiger partial charge in [0.05, 0.1) is 0 Å². The molecule has 0 radical (unpaired) electrons. The molecule has 1 heteroatoms. The molecule has 0 saturated heterocycles. The molecule has 0 saturated carbocycles. The molecular weight excluding hydrogens is 254 g/mol. The highest BCUT2D eigenvalue weighted by molar-refractivity contribution is 6.04. The second kappa shape index (κ2) is 6.17. The minimum atomic E-state index is 0.882. The van der Waals surface area contributed by atoms with E-state index in [0.29, 0.717) is 0 Å². The zero-order valence-electron chi connectivity index (χ0n) is 12.7. The molecule has 3 aromatic carbocycles. The van der Waals surface area contributed by atoms with E-state index >= 15 is 0 Å². The van der Waals surface area contributed by atoms with Crippen molar-refractivity contribution in [1.29, 1.82) is 0 Å². The lowest BCUT2D eigenvalue weighted by Crippen LogP contribution is -1.93. The molecule has 0 spiro atoms. The first-order valence-corrected chi connectivity index (χ1v) is 7.99. The molecule has 0 atom stereocenters. The average Bonchev–Trinajstić information content (AvgIpc) is 2.52. The van der Waals surface area contributed by atoms with Crippen molar-refractivity contribution in [1.82, 2.24) is 0 Å². The molecule has 0 unspecified atom stereocenters. The maximum atomic E-state index is 6.19. The Morgan fingerprint density at radius 3 is 2.24 bits per heavy atom. The predicted octanol–water partition coefficient (Wildman–Crippen LogP) is 5.70. The Kier molecular flexibility index (Phi) is 4.10. The minimum Gasteiger partial charge on any atom is -0.398 e. The lowest BCUT2D eigenvalue weighted by molar-refractivity contribution is 0.668. The van der Waals surface area contributed by atoms with Gasteiger partial charge in [-0.3, -0.25) is 0 Å². The second-order valence-electron chi connectivity index (χ2n) is 5.87. The third-order valence-corrected chi connectivity index (χ3v) is 4.31. The Morgan fingerprint density at radius 2 is 1.52 bits per heavy atom. The summed E-state index contributed by atoms with van der Waals surface area (Å²) in [6.45, 7) is 2.25. The van der Waals surface area contributed by atoms with Crippen molar-refractivity contribution in [3.05, 3.63) is 54.1 Å². The third-order valence-electron chi connectivity index (χ3n) is 4.31. The van der Waals surface area contributed by atoms with E-state index in [1.807, 2.05) is 0 Å². The Bertz CT molecular complexity index is 758. The van der Waals surface area contributed by atoms with Crippen molar-refractivity contribution >= 4 is 27.2 Å². The van der Waals surface area contributed by atoms with E-state index in [2.05, 4.69) is 55.5 Å². The summed E-state index contributed by atoms with van der Waals surface area (Å²) in [7, 11) is 0. The van der Waals surface area contributed by atoms with Crippen LogP contribution in [0.1, 0.15) is 38.2 Å². The zero-order valence-corrected chi connectivity index (χ0v) is 12.7. The predicted molar refractivity (Wildman–Crippen MR) is 93.7 cm³/mol. The molecule has 0 aliphatic rings. The molecule has 0 heterocycles. The highest BCUT2D eigenvalue weighted by Crippen LogP contribution is 2.30. The lowest BCUT2D eigenvalue weighted by atomic mass is 9.95. The van der Waals surface area contributed by atoms with Crippen LogP contribution in [0, 0.1) is 0 Å². The molecule has 1 nitrogen and oxygen atoms in total. The summed E-state index contributed by atoms with van der Waals surface area (Å²) in [4.78, 5) is 0. The molecule has 2 N–H and O–H groups in total. The first-order chi connectivity index (χ1) is 10.3. The van der Waals surface area contributed by atoms with Crippen LogP contribution in [0.3, 0.4) is 0 Å². The first-order valence-electron chi connectivity index (χ1n) is 7.99. The third kappa shape index (κ3) is 2.87. The van der Waals surface area contributed by atoms with E-state index < -0.39 is 0 Å². The van der Waals surface area contributed by atoms with Crippen LogP contribution < -0.4 is 5.73 Å². The first kappa shape index (κ1) is 13.9. The molecule has 0 bridgehead atoms. The Balaban J connectivity index is 2.04. The van der Waals surface area contributed by atoms with Crippen LogP contribution in [0.15, 0.2) is 48.5 Å². The van der Waals surface area contributed by atoms with Gasteiger partial charge in [-0.1, -0.05) is 56.5 Å². The standard InChI is InChI=1S/C20H23N/c1-2-3-4-5-8-15-11-12-20(21)19-14-17-10-7-6-9-16(17)13-18(15)19/h6-7,9-14H,2-5,8,21H2,1H3. The number of anilines is 1. The minimum absolute atomic E-state index is 0.882. The van der Waals surface area contributed by atoms with Crippen molar-refractivity contribution in [3.63, 3.8) is 0 Å². The van der Waals surface area contributed by atoms with Gasteiger partial charge in [0.2, 0.25) is 0 Å². The summed E-state index contributed by atoms with van der Waals surface area (Å²) < 4.78 is 0. The molecule has 3 aromatic rings. The molecule has 0 aliphatic heterocycles. The number of fused-ring (bicyclic) bond motifs is 2. The number of nitrogens with two attached hydrogens (primary N) is 1. The summed E-state index contributed by atoms with van der Waals surface area (Å²) in [5.41, 5.74) is 8.51. The summed E-state index contributed by atoms with van der Waals surface area (Å²) in [6.07, 6.45) is 6.34. The molecule has 108 valence electrons. The lowest BCUT2D eigenvalue weighted by Gasteiger charge is -2.11. The highest BCUT2D eigenvalue weighted by Gasteiger charge is 2.06. The van der Waals surface area contributed by atoms with Gasteiger partial charge in [-0.25, -0.2) is 0 Å². The topological polar surface area (TPSA) is 26.0 Å². The van der Waals surface area contributed by atoms with Crippen molar-refractivity contribution < 1.29 is 0 Å². The molecule has 0 amide bonds. The van der Waals surface area contributed by atoms with Crippen LogP contribution in [-0.4, -0.2) is 0 Å². The van der Waals surface area contributed by atoms with Gasteiger partial charge in [-0.15, -0.1) is 0 Å². The fourth-order valence-corrected chi connectivity index (χ4v) is 3.07. The average molecular weight is 277 g/mol. The zero-order chi connectivity index (χ0) is 14.7. The van der Waals surface area contributed by atoms with Gasteiger partial charge >= 0.3 is 0 Å². The van der Waals surface area contributed by atoms with Crippen molar-refractivity contribution in [2.45, 2.75) is 39.0 Å². The van der Waals surface area contributed by atoms with Gasteiger partial charge in [-0.2, -0.15) is 0 Å². The number of rotatable bonds is 5. The van der Waals surface area contributed by atoms with E-state index in [9.17, 15) is 0 Å². The second-order valence-corrected chi connectivity index (χ2v) is 5.87. The summed E-state index contributed by atoms with van der Waals surface area (Å²) >= 11 is 0. The van der Waals surface area contributed by atoms with Crippen molar-refractivity contribution in [2.24, 2.45) is 0 Å². The van der Waals surface area contributed by atoms with Crippen molar-refractivity contribution in [2.75, 3.05) is 5.73 Å². The smallest absolute Gasteiger partial charge is 0.0394 e. The van der Waals surface area contributed by atoms with Crippen LogP contribution >= 0.6 is 0 Å². The van der Waals surface area contributed by atoms with Crippen molar-refractivity contribution in [3.8, 4) is 0 Å². The fraction of sp³-hybridized carbons (Fsp3) is 0.300. The van der Waals surface area contributed by atoms with E-state index in [-0.39, 0.29) is 0 Å². The summed E-state index contributed by atoms with van der Waals surface area (Å²) in [5.74, 6) is 0. The van der Waals surface area contributed by atoms with Gasteiger partial charge in [0, 0.05) is 11.1 Å². The van der Waals surface area contributed by atoms with E-state index in [1.165, 1.54) is 52.8 Å². The number of unbranched alkanes of at least 4 members (excludes halogenated alkanes) is 3. The van der Waals surface area contributed by atoms with Crippen LogP contribution in [-0.2, 0) is 6.42 Å². The van der Waals surface area contributed by atoms with E-state index in [1.54, 1.807) is 0 Å². The highest BCUT2D eigenvalue weighted by atomic mass is 14.5. The Morgan fingerprint density at radius 1 is 0.810 bits per heavy atom. The molecule has 0 fully saturated rings. The maximum absolute atomic E-state index is 6.19. The van der Waals surface area contributed by atoms with E-state index in [0.717, 1.165) is 12.1 Å². The van der Waals surface area contributed by atoms with Gasteiger partial charge in [0.25, 0.3) is 0 Å². The van der Waals surface area contributed by atoms with Gasteiger partial charge in [0.15, 0.2) is 0 Å². The monoisotopic (exact) mass is 277 g/mol. The SMILES string of the molecule is CCCCCCc1ccc(N)c2cc3ccccc3cc12. The molecule has 0 aliphatic carbocycles. The number of hydrogen-bond acceptors (Lipinski definition) is 1. The Hall–Kier alpha value is -2.02. The van der Waals surface area contributed by atoms with E-state index in [4.69, 9.17) is 5.73 Å². The summed E-state index contributed by atoms with van der Waals surface area (Å²) in [6, 6.07) is 17.3. The van der Waals surface area contributed by atoms with Gasteiger partial charge in [-0.05, 0) is 52.8 Å². The normalized spacial score (nSPS) is 11.3. The molecule has 3 rings (SSSR count). The van der Waals surface area contributed by atoms with Crippen LogP contribution in [0.5, 0.6) is 0 Å². The molecular formula is C20H23N. The van der Waals surface area contributed by atoms with Gasteiger partial charge in [0.1, 0.15) is 0 Å². The maximum Gasteiger partial charge on any atom is 0.0394 e. The largest absolute Gasteiger partial charge is 0.398 e. The molecule has 21 heavy (non-hydrogen) atoms. The number of benzene rings is 3. The van der Waals surface area contributed by atoms with Crippen LogP contribution in [0.25, 0.3) is 21.5 Å². The van der Waals surface area contributed by atoms with Crippen LogP contribution in [0.4, 0.5) is 5.69 Å². The molecule has 0 aromatic heterocycles.